The third-order valence-electron chi connectivity index (χ3n) is 3.12. The van der Waals surface area contributed by atoms with Gasteiger partial charge in [-0.2, -0.15) is 0 Å². The molecular formula is C17H18O4. The van der Waals surface area contributed by atoms with Crippen LogP contribution in [0, 0.1) is 0 Å². The van der Waals surface area contributed by atoms with Crippen molar-refractivity contribution in [3.63, 3.8) is 0 Å². The molecule has 1 N–H and O–H groups in total. The second kappa shape index (κ2) is 7.45. The number of methoxy groups -OCH3 is 1. The summed E-state index contributed by atoms with van der Waals surface area (Å²) >= 11 is 0. The number of ether oxygens (including phenoxy) is 2. The first kappa shape index (κ1) is 15.1. The van der Waals surface area contributed by atoms with Crippen LogP contribution in [0.15, 0.2) is 54.6 Å². The zero-order valence-electron chi connectivity index (χ0n) is 11.9. The van der Waals surface area contributed by atoms with Crippen molar-refractivity contribution in [2.45, 2.75) is 12.5 Å². The van der Waals surface area contributed by atoms with Gasteiger partial charge >= 0.3 is 5.97 Å². The molecule has 0 radical (unpaired) electrons. The van der Waals surface area contributed by atoms with E-state index in [9.17, 15) is 9.90 Å². The fourth-order valence-electron chi connectivity index (χ4n) is 2.03. The monoisotopic (exact) mass is 286 g/mol. The van der Waals surface area contributed by atoms with Crippen LogP contribution in [-0.4, -0.2) is 24.8 Å². The zero-order valence-corrected chi connectivity index (χ0v) is 11.9. The Morgan fingerprint density at radius 1 is 1.10 bits per heavy atom. The van der Waals surface area contributed by atoms with Crippen molar-refractivity contribution in [2.24, 2.45) is 0 Å². The number of hydrogen-bond donors (Lipinski definition) is 1. The first-order chi connectivity index (χ1) is 10.2. The Labute approximate surface area is 123 Å². The lowest BCUT2D eigenvalue weighted by atomic mass is 10.1. The summed E-state index contributed by atoms with van der Waals surface area (Å²) in [5.74, 6) is 0.265. The summed E-state index contributed by atoms with van der Waals surface area (Å²) < 4.78 is 10.5. The minimum atomic E-state index is -0.378. The molecule has 0 aromatic heterocycles. The first-order valence-electron chi connectivity index (χ1n) is 6.75. The predicted molar refractivity (Wildman–Crippen MR) is 79.3 cm³/mol. The molecule has 2 aromatic carbocycles. The molecule has 0 spiro atoms. The summed E-state index contributed by atoms with van der Waals surface area (Å²) in [6.07, 6.45) is 0.281. The molecule has 4 heteroatoms. The molecule has 21 heavy (non-hydrogen) atoms. The molecule has 0 amide bonds. The molecule has 2 aromatic rings. The summed E-state index contributed by atoms with van der Waals surface area (Å²) in [6.45, 7) is 0.0415. The van der Waals surface area contributed by atoms with Crippen LogP contribution in [0.4, 0.5) is 0 Å². The second-order valence-electron chi connectivity index (χ2n) is 4.55. The standard InChI is InChI=1S/C17H18O4/c1-20-17(19)14-7-9-15(10-8-14)21-16(11-12-18)13-5-3-2-4-6-13/h2-10,16,18H,11-12H2,1H3. The van der Waals surface area contributed by atoms with E-state index in [0.29, 0.717) is 17.7 Å². The minimum Gasteiger partial charge on any atom is -0.486 e. The molecule has 1 unspecified atom stereocenters. The molecule has 0 aliphatic carbocycles. The average molecular weight is 286 g/mol. The van der Waals surface area contributed by atoms with Gasteiger partial charge in [0.25, 0.3) is 0 Å². The number of aliphatic hydroxyl groups excluding tert-OH is 1. The molecule has 0 heterocycles. The number of hydrogen-bond acceptors (Lipinski definition) is 4. The van der Waals surface area contributed by atoms with E-state index in [1.807, 2.05) is 30.3 Å². The van der Waals surface area contributed by atoms with E-state index in [1.54, 1.807) is 24.3 Å². The van der Waals surface area contributed by atoms with E-state index in [1.165, 1.54) is 7.11 Å². The Bertz CT molecular complexity index is 563. The normalized spacial score (nSPS) is 11.7. The molecular weight excluding hydrogens is 268 g/mol. The van der Waals surface area contributed by atoms with E-state index in [4.69, 9.17) is 4.74 Å². The van der Waals surface area contributed by atoms with Crippen LogP contribution in [0.5, 0.6) is 5.75 Å². The van der Waals surface area contributed by atoms with Crippen molar-refractivity contribution in [3.05, 3.63) is 65.7 Å². The maximum absolute atomic E-state index is 11.4. The second-order valence-corrected chi connectivity index (χ2v) is 4.55. The number of esters is 1. The Hall–Kier alpha value is -2.33. The highest BCUT2D eigenvalue weighted by molar-refractivity contribution is 5.89. The quantitative estimate of drug-likeness (QED) is 0.829. The van der Waals surface area contributed by atoms with Gasteiger partial charge in [-0.1, -0.05) is 30.3 Å². The van der Waals surface area contributed by atoms with E-state index in [0.717, 1.165) is 5.56 Å². The van der Waals surface area contributed by atoms with Crippen molar-refractivity contribution >= 4 is 5.97 Å². The van der Waals surface area contributed by atoms with Gasteiger partial charge < -0.3 is 14.6 Å². The van der Waals surface area contributed by atoms with E-state index < -0.39 is 0 Å². The smallest absolute Gasteiger partial charge is 0.337 e. The summed E-state index contributed by atoms with van der Waals surface area (Å²) in [4.78, 5) is 11.4. The van der Waals surface area contributed by atoms with Crippen LogP contribution in [0.3, 0.4) is 0 Å². The topological polar surface area (TPSA) is 55.8 Å². The number of carbonyl (C=O) groups is 1. The third kappa shape index (κ3) is 4.07. The Kier molecular flexibility index (Phi) is 5.35. The van der Waals surface area contributed by atoms with Gasteiger partial charge in [-0.05, 0) is 29.8 Å². The highest BCUT2D eigenvalue weighted by atomic mass is 16.5. The van der Waals surface area contributed by atoms with Gasteiger partial charge in [-0.3, -0.25) is 0 Å². The molecule has 110 valence electrons. The van der Waals surface area contributed by atoms with Gasteiger partial charge in [0.05, 0.1) is 12.7 Å². The lowest BCUT2D eigenvalue weighted by Gasteiger charge is -2.19. The maximum Gasteiger partial charge on any atom is 0.337 e. The summed E-state index contributed by atoms with van der Waals surface area (Å²) in [6, 6.07) is 16.5. The summed E-state index contributed by atoms with van der Waals surface area (Å²) in [5, 5.41) is 9.18. The fraction of sp³-hybridized carbons (Fsp3) is 0.235. The van der Waals surface area contributed by atoms with Gasteiger partial charge in [0.15, 0.2) is 0 Å². The van der Waals surface area contributed by atoms with Gasteiger partial charge in [-0.25, -0.2) is 4.79 Å². The van der Waals surface area contributed by atoms with Gasteiger partial charge in [0, 0.05) is 13.0 Å². The molecule has 0 fully saturated rings. The predicted octanol–water partition coefficient (Wildman–Crippen LogP) is 2.98. The zero-order chi connectivity index (χ0) is 15.1. The average Bonchev–Trinajstić information content (AvgIpc) is 2.55. The highest BCUT2D eigenvalue weighted by Crippen LogP contribution is 2.25. The maximum atomic E-state index is 11.4. The van der Waals surface area contributed by atoms with E-state index in [-0.39, 0.29) is 18.7 Å². The first-order valence-corrected chi connectivity index (χ1v) is 6.75. The lowest BCUT2D eigenvalue weighted by Crippen LogP contribution is -2.09. The SMILES string of the molecule is COC(=O)c1ccc(OC(CCO)c2ccccc2)cc1. The molecule has 0 saturated carbocycles. The third-order valence-corrected chi connectivity index (χ3v) is 3.12. The Balaban J connectivity index is 2.12. The van der Waals surface area contributed by atoms with E-state index in [2.05, 4.69) is 4.74 Å². The van der Waals surface area contributed by atoms with Crippen LogP contribution in [0.2, 0.25) is 0 Å². The molecule has 0 bridgehead atoms. The number of rotatable bonds is 6. The molecule has 1 atom stereocenters. The molecule has 0 saturated heterocycles. The van der Waals surface area contributed by atoms with Crippen LogP contribution in [0.1, 0.15) is 28.4 Å². The number of carbonyl (C=O) groups excluding carboxylic acids is 1. The Morgan fingerprint density at radius 2 is 1.76 bits per heavy atom. The molecule has 0 aliphatic heterocycles. The van der Waals surface area contributed by atoms with Crippen LogP contribution >= 0.6 is 0 Å². The van der Waals surface area contributed by atoms with Gasteiger partial charge in [0.1, 0.15) is 11.9 Å². The van der Waals surface area contributed by atoms with Crippen molar-refractivity contribution in [2.75, 3.05) is 13.7 Å². The summed E-state index contributed by atoms with van der Waals surface area (Å²) in [5.41, 5.74) is 1.48. The molecule has 4 nitrogen and oxygen atoms in total. The lowest BCUT2D eigenvalue weighted by molar-refractivity contribution is 0.0600. The fourth-order valence-corrected chi connectivity index (χ4v) is 2.03. The van der Waals surface area contributed by atoms with Crippen molar-refractivity contribution in [1.29, 1.82) is 0 Å². The van der Waals surface area contributed by atoms with Crippen LogP contribution in [0.25, 0.3) is 0 Å². The van der Waals surface area contributed by atoms with Crippen LogP contribution < -0.4 is 4.74 Å². The van der Waals surface area contributed by atoms with Gasteiger partial charge in [0.2, 0.25) is 0 Å². The highest BCUT2D eigenvalue weighted by Gasteiger charge is 2.13. The largest absolute Gasteiger partial charge is 0.486 e. The number of aliphatic hydroxyl groups is 1. The van der Waals surface area contributed by atoms with Crippen molar-refractivity contribution in [3.8, 4) is 5.75 Å². The molecule has 2 rings (SSSR count). The van der Waals surface area contributed by atoms with Crippen molar-refractivity contribution < 1.29 is 19.4 Å². The van der Waals surface area contributed by atoms with Crippen LogP contribution in [-0.2, 0) is 4.74 Å². The Morgan fingerprint density at radius 3 is 2.33 bits per heavy atom. The van der Waals surface area contributed by atoms with Gasteiger partial charge in [-0.15, -0.1) is 0 Å². The molecule has 0 aliphatic rings. The van der Waals surface area contributed by atoms with Crippen molar-refractivity contribution in [1.82, 2.24) is 0 Å². The van der Waals surface area contributed by atoms with E-state index >= 15 is 0 Å². The summed E-state index contributed by atoms with van der Waals surface area (Å²) in [7, 11) is 1.35. The minimum absolute atomic E-state index is 0.0415. The number of benzene rings is 2.